The van der Waals surface area contributed by atoms with Gasteiger partial charge in [0.25, 0.3) is 0 Å². The number of aromatic nitrogens is 2. The van der Waals surface area contributed by atoms with Crippen molar-refractivity contribution < 1.29 is 44.6 Å². The van der Waals surface area contributed by atoms with Crippen LogP contribution in [0.5, 0.6) is 23.0 Å². The molecule has 14 nitrogen and oxygen atoms in total. The lowest BCUT2D eigenvalue weighted by Gasteiger charge is -2.34. The number of methoxy groups -OCH3 is 4. The van der Waals surface area contributed by atoms with Gasteiger partial charge in [-0.05, 0) is 73.5 Å². The molecule has 2 aliphatic heterocycles. The van der Waals surface area contributed by atoms with E-state index in [1.54, 1.807) is 41.0 Å². The van der Waals surface area contributed by atoms with Crippen LogP contribution in [-0.2, 0) is 20.0 Å². The average Bonchev–Trinajstić information content (AvgIpc) is 4.02. The van der Waals surface area contributed by atoms with E-state index in [1.807, 2.05) is 4.90 Å². The normalized spacial score (nSPS) is 15.1. The zero-order valence-electron chi connectivity index (χ0n) is 36.1. The number of ether oxygens (including phenoxy) is 4. The van der Waals surface area contributed by atoms with Gasteiger partial charge in [-0.25, -0.2) is 35.6 Å². The summed E-state index contributed by atoms with van der Waals surface area (Å²) in [4.78, 5) is 13.7. The fraction of sp³-hybridized carbons (Fsp3) is 0.318. The highest BCUT2D eigenvalue weighted by Crippen LogP contribution is 2.35. The second-order valence-electron chi connectivity index (χ2n) is 14.8. The number of piperazine rings is 2. The molecule has 0 saturated carbocycles. The average molecular weight is 955 g/mol. The first kappa shape index (κ1) is 46.6. The molecule has 2 aromatic heterocycles. The minimum Gasteiger partial charge on any atom is -0.497 e. The van der Waals surface area contributed by atoms with Crippen LogP contribution in [-0.4, -0.2) is 116 Å². The molecule has 2 fully saturated rings. The van der Waals surface area contributed by atoms with Gasteiger partial charge in [-0.1, -0.05) is 12.1 Å². The first-order valence-corrected chi connectivity index (χ1v) is 24.7. The van der Waals surface area contributed by atoms with Gasteiger partial charge in [-0.3, -0.25) is 0 Å². The van der Waals surface area contributed by atoms with Crippen molar-refractivity contribution in [1.29, 1.82) is 0 Å². The molecular weight excluding hydrogens is 907 g/mol. The summed E-state index contributed by atoms with van der Waals surface area (Å²) in [5.41, 5.74) is 5.58. The fourth-order valence-corrected chi connectivity index (χ4v) is 12.0. The van der Waals surface area contributed by atoms with E-state index in [0.29, 0.717) is 67.2 Å². The second kappa shape index (κ2) is 19.8. The maximum Gasteiger partial charge on any atom is 0.246 e. The molecule has 0 spiro atoms. The lowest BCUT2D eigenvalue weighted by atomic mass is 10.1. The van der Waals surface area contributed by atoms with E-state index >= 15 is 0 Å². The minimum absolute atomic E-state index is 0.0871. The predicted octanol–water partition coefficient (Wildman–Crippen LogP) is 7.57. The van der Waals surface area contributed by atoms with E-state index < -0.39 is 31.7 Å². The highest BCUT2D eigenvalue weighted by Gasteiger charge is 2.33. The van der Waals surface area contributed by atoms with E-state index in [-0.39, 0.29) is 34.4 Å². The minimum atomic E-state index is -3.75. The van der Waals surface area contributed by atoms with Gasteiger partial charge in [0.1, 0.15) is 32.8 Å². The highest BCUT2D eigenvalue weighted by molar-refractivity contribution is 7.89. The summed E-state index contributed by atoms with van der Waals surface area (Å²) in [7, 11) is -1.52. The van der Waals surface area contributed by atoms with Crippen molar-refractivity contribution in [2.75, 3.05) is 90.6 Å². The SMILES string of the molecule is COc1ccc(S(=O)(=O)N2CCN(c3nc(-c4ccc(C)c(C)c4)cs3)CC2)c(OC)c1.COc1ccc(S(=O)(=O)N2CCN(c3nc(-c4ccc(F)c(F)c4)cs3)CC2)c(OC)c1. The largest absolute Gasteiger partial charge is 0.497 e. The number of rotatable bonds is 12. The number of anilines is 2. The zero-order chi connectivity index (χ0) is 45.8. The van der Waals surface area contributed by atoms with Crippen LogP contribution in [0.4, 0.5) is 19.0 Å². The third kappa shape index (κ3) is 9.96. The maximum absolute atomic E-state index is 13.5. The van der Waals surface area contributed by atoms with E-state index in [4.69, 9.17) is 23.9 Å². The van der Waals surface area contributed by atoms with Crippen LogP contribution in [0.15, 0.2) is 93.3 Å². The van der Waals surface area contributed by atoms with Crippen LogP contribution in [0.2, 0.25) is 0 Å². The smallest absolute Gasteiger partial charge is 0.246 e. The molecule has 64 heavy (non-hydrogen) atoms. The Hall–Kier alpha value is -5.38. The van der Waals surface area contributed by atoms with Crippen LogP contribution in [0.3, 0.4) is 0 Å². The van der Waals surface area contributed by atoms with Crippen LogP contribution in [0, 0.1) is 25.5 Å². The Morgan fingerprint density at radius 3 is 1.36 bits per heavy atom. The quantitative estimate of drug-likeness (QED) is 0.119. The zero-order valence-corrected chi connectivity index (χ0v) is 39.3. The van der Waals surface area contributed by atoms with Gasteiger partial charge >= 0.3 is 0 Å². The standard InChI is InChI=1S/C23H27N3O4S2.C21H21F2N3O4S2/c1-16-5-6-18(13-17(16)2)20-15-31-23(24-20)25-9-11-26(12-10-25)32(27,28)22-8-7-19(29-3)14-21(22)30-4;1-29-15-4-6-20(19(12-15)30-2)32(27,28)26-9-7-25(8-10-26)21-24-18(13-31-21)14-3-5-16(22)17(23)11-14/h5-8,13-15H,9-12H2,1-4H3;3-6,11-13H,7-10H2,1-2H3. The Bertz CT molecular complexity index is 2630. The number of thiazole rings is 2. The molecule has 0 bridgehead atoms. The van der Waals surface area contributed by atoms with Crippen molar-refractivity contribution in [2.24, 2.45) is 0 Å². The number of aryl methyl sites for hydroxylation is 2. The fourth-order valence-electron chi connectivity index (χ4n) is 7.13. The van der Waals surface area contributed by atoms with Gasteiger partial charge in [0, 0.05) is 86.4 Å². The third-order valence-electron chi connectivity index (χ3n) is 11.0. The Morgan fingerprint density at radius 1 is 0.516 bits per heavy atom. The lowest BCUT2D eigenvalue weighted by Crippen LogP contribution is -2.48. The molecule has 0 atom stereocenters. The molecule has 4 heterocycles. The molecule has 2 saturated heterocycles. The number of hydrogen-bond acceptors (Lipinski definition) is 14. The summed E-state index contributed by atoms with van der Waals surface area (Å²) < 4.78 is 103. The van der Waals surface area contributed by atoms with Crippen molar-refractivity contribution in [3.8, 4) is 45.5 Å². The molecule has 0 N–H and O–H groups in total. The molecule has 0 unspecified atom stereocenters. The van der Waals surface area contributed by atoms with E-state index in [2.05, 4.69) is 47.3 Å². The third-order valence-corrected chi connectivity index (χ3v) is 16.7. The second-order valence-corrected chi connectivity index (χ2v) is 20.3. The Morgan fingerprint density at radius 2 is 0.953 bits per heavy atom. The van der Waals surface area contributed by atoms with E-state index in [9.17, 15) is 25.6 Å². The Kier molecular flexibility index (Phi) is 14.4. The molecule has 0 amide bonds. The molecule has 0 radical (unpaired) electrons. The van der Waals surface area contributed by atoms with Crippen molar-refractivity contribution in [1.82, 2.24) is 18.6 Å². The van der Waals surface area contributed by atoms with Gasteiger partial charge in [-0.15, -0.1) is 22.7 Å². The molecule has 340 valence electrons. The summed E-state index contributed by atoms with van der Waals surface area (Å²) in [6.07, 6.45) is 0. The van der Waals surface area contributed by atoms with Gasteiger partial charge < -0.3 is 28.7 Å². The first-order valence-electron chi connectivity index (χ1n) is 20.0. The van der Waals surface area contributed by atoms with Crippen molar-refractivity contribution in [3.63, 3.8) is 0 Å². The summed E-state index contributed by atoms with van der Waals surface area (Å²) >= 11 is 2.96. The van der Waals surface area contributed by atoms with Crippen LogP contribution >= 0.6 is 22.7 Å². The van der Waals surface area contributed by atoms with Crippen molar-refractivity contribution in [3.05, 3.63) is 106 Å². The van der Waals surface area contributed by atoms with Gasteiger partial charge in [0.05, 0.1) is 39.8 Å². The summed E-state index contributed by atoms with van der Waals surface area (Å²) in [5.74, 6) is -0.271. The van der Waals surface area contributed by atoms with Crippen LogP contribution in [0.25, 0.3) is 22.5 Å². The topological polar surface area (TPSA) is 144 Å². The van der Waals surface area contributed by atoms with Crippen molar-refractivity contribution >= 4 is 53.0 Å². The molecule has 4 aromatic carbocycles. The van der Waals surface area contributed by atoms with Gasteiger partial charge in [-0.2, -0.15) is 8.61 Å². The summed E-state index contributed by atoms with van der Waals surface area (Å²) in [5, 5.41) is 5.44. The van der Waals surface area contributed by atoms with Crippen molar-refractivity contribution in [2.45, 2.75) is 23.6 Å². The lowest BCUT2D eigenvalue weighted by molar-refractivity contribution is 0.369. The van der Waals surface area contributed by atoms with Gasteiger partial charge in [0.15, 0.2) is 21.9 Å². The number of nitrogens with zero attached hydrogens (tertiary/aromatic N) is 6. The molecule has 0 aliphatic carbocycles. The number of benzene rings is 4. The molecule has 2 aliphatic rings. The highest BCUT2D eigenvalue weighted by atomic mass is 32.2. The molecular formula is C44H48F2N6O8S4. The van der Waals surface area contributed by atoms with E-state index in [1.165, 1.54) is 77.7 Å². The molecule has 8 rings (SSSR count). The Balaban J connectivity index is 0.000000191. The summed E-state index contributed by atoms with van der Waals surface area (Å²) in [6, 6.07) is 19.4. The Labute approximate surface area is 380 Å². The summed E-state index contributed by atoms with van der Waals surface area (Å²) in [6.45, 7) is 7.58. The molecule has 20 heteroatoms. The van der Waals surface area contributed by atoms with Crippen LogP contribution < -0.4 is 28.7 Å². The first-order chi connectivity index (χ1) is 30.7. The van der Waals surface area contributed by atoms with E-state index in [0.717, 1.165) is 28.5 Å². The monoisotopic (exact) mass is 954 g/mol. The number of halogens is 2. The van der Waals surface area contributed by atoms with Crippen LogP contribution in [0.1, 0.15) is 11.1 Å². The predicted molar refractivity (Wildman–Crippen MR) is 246 cm³/mol. The van der Waals surface area contributed by atoms with Gasteiger partial charge in [0.2, 0.25) is 20.0 Å². The number of hydrogen-bond donors (Lipinski definition) is 0. The molecule has 6 aromatic rings. The number of sulfonamides is 2. The maximum atomic E-state index is 13.5.